The van der Waals surface area contributed by atoms with Crippen molar-refractivity contribution in [1.82, 2.24) is 10.2 Å². The maximum atomic E-state index is 13.2. The van der Waals surface area contributed by atoms with Gasteiger partial charge in [0.2, 0.25) is 0 Å². The van der Waals surface area contributed by atoms with E-state index in [1.54, 1.807) is 43.5 Å². The molecule has 1 amide bonds. The first kappa shape index (κ1) is 25.1. The van der Waals surface area contributed by atoms with Crippen LogP contribution in [0.25, 0.3) is 0 Å². The normalized spacial score (nSPS) is 16.2. The smallest absolute Gasteiger partial charge is 0.264 e. The van der Waals surface area contributed by atoms with Crippen molar-refractivity contribution in [3.8, 4) is 5.75 Å². The molecule has 33 heavy (non-hydrogen) atoms. The van der Waals surface area contributed by atoms with Crippen molar-refractivity contribution in [3.05, 3.63) is 54.1 Å². The second-order valence-corrected chi connectivity index (χ2v) is 10.9. The molecule has 8 heteroatoms. The van der Waals surface area contributed by atoms with Gasteiger partial charge in [0.05, 0.1) is 17.7 Å². The van der Waals surface area contributed by atoms with Gasteiger partial charge in [0.15, 0.2) is 0 Å². The first-order valence-electron chi connectivity index (χ1n) is 11.4. The van der Waals surface area contributed by atoms with Crippen LogP contribution in [0.1, 0.15) is 48.9 Å². The molecule has 1 fully saturated rings. The van der Waals surface area contributed by atoms with Crippen LogP contribution >= 0.6 is 0 Å². The minimum Gasteiger partial charge on any atom is -0.497 e. The number of carbonyl (C=O) groups is 1. The molecule has 1 saturated carbocycles. The van der Waals surface area contributed by atoms with Gasteiger partial charge in [0, 0.05) is 24.7 Å². The number of nitrogens with one attached hydrogen (secondary N) is 1. The highest BCUT2D eigenvalue weighted by atomic mass is 32.2. The van der Waals surface area contributed by atoms with Crippen molar-refractivity contribution in [3.63, 3.8) is 0 Å². The molecule has 1 N–H and O–H groups in total. The van der Waals surface area contributed by atoms with E-state index in [1.165, 1.54) is 36.3 Å². The number of anilines is 1. The summed E-state index contributed by atoms with van der Waals surface area (Å²) in [5.74, 6) is 0.386. The summed E-state index contributed by atoms with van der Waals surface area (Å²) in [5, 5.41) is 3.07. The Bertz CT molecular complexity index is 1040. The second kappa shape index (κ2) is 10.6. The molecule has 0 heterocycles. The molecule has 0 aromatic heterocycles. The summed E-state index contributed by atoms with van der Waals surface area (Å²) in [4.78, 5) is 15.3. The van der Waals surface area contributed by atoms with Gasteiger partial charge in [-0.3, -0.25) is 9.10 Å². The Morgan fingerprint density at radius 3 is 2.21 bits per heavy atom. The van der Waals surface area contributed by atoms with Gasteiger partial charge in [-0.15, -0.1) is 0 Å². The van der Waals surface area contributed by atoms with Gasteiger partial charge in [-0.1, -0.05) is 31.7 Å². The molecule has 0 atom stereocenters. The van der Waals surface area contributed by atoms with Crippen molar-refractivity contribution in [2.24, 2.45) is 0 Å². The molecule has 2 aromatic rings. The number of likely N-dealkylation sites (N-methyl/N-ethyl adjacent to an activating group) is 1. The van der Waals surface area contributed by atoms with Crippen LogP contribution in [0, 0.1) is 0 Å². The van der Waals surface area contributed by atoms with Gasteiger partial charge >= 0.3 is 0 Å². The first-order chi connectivity index (χ1) is 15.7. The van der Waals surface area contributed by atoms with Crippen molar-refractivity contribution in [2.75, 3.05) is 39.1 Å². The van der Waals surface area contributed by atoms with E-state index in [0.717, 1.165) is 25.7 Å². The topological polar surface area (TPSA) is 78.9 Å². The maximum absolute atomic E-state index is 13.2. The van der Waals surface area contributed by atoms with Crippen LogP contribution in [-0.4, -0.2) is 59.6 Å². The largest absolute Gasteiger partial charge is 0.497 e. The summed E-state index contributed by atoms with van der Waals surface area (Å²) in [5.41, 5.74) is 0.776. The molecular formula is C25H35N3O4S. The maximum Gasteiger partial charge on any atom is 0.264 e. The van der Waals surface area contributed by atoms with Crippen LogP contribution in [0.5, 0.6) is 5.75 Å². The monoisotopic (exact) mass is 473 g/mol. The zero-order valence-electron chi connectivity index (χ0n) is 20.0. The number of hydrogen-bond acceptors (Lipinski definition) is 5. The quantitative estimate of drug-likeness (QED) is 0.588. The molecule has 180 valence electrons. The van der Waals surface area contributed by atoms with E-state index < -0.39 is 10.0 Å². The number of rotatable bonds is 8. The van der Waals surface area contributed by atoms with Crippen LogP contribution in [0.3, 0.4) is 0 Å². The Hall–Kier alpha value is -2.58. The molecule has 0 saturated heterocycles. The predicted molar refractivity (Wildman–Crippen MR) is 131 cm³/mol. The SMILES string of the molecule is COc1ccc(N(C)S(=O)(=O)c2cccc(C(=O)NCC3(N(C)C)CCCCCC3)c2)cc1. The lowest BCUT2D eigenvalue weighted by atomic mass is 9.88. The summed E-state index contributed by atoms with van der Waals surface area (Å²) in [6.45, 7) is 0.543. The fraction of sp³-hybridized carbons (Fsp3) is 0.480. The van der Waals surface area contributed by atoms with Crippen molar-refractivity contribution in [1.29, 1.82) is 0 Å². The zero-order chi connectivity index (χ0) is 24.1. The summed E-state index contributed by atoms with van der Waals surface area (Å²) in [7, 11) is 3.36. The molecular weight excluding hydrogens is 438 g/mol. The van der Waals surface area contributed by atoms with Crippen LogP contribution < -0.4 is 14.4 Å². The van der Waals surface area contributed by atoms with E-state index in [-0.39, 0.29) is 16.3 Å². The van der Waals surface area contributed by atoms with Crippen molar-refractivity contribution in [2.45, 2.75) is 49.0 Å². The molecule has 1 aliphatic carbocycles. The molecule has 3 rings (SSSR count). The van der Waals surface area contributed by atoms with Gasteiger partial charge in [0.25, 0.3) is 15.9 Å². The number of hydrogen-bond donors (Lipinski definition) is 1. The van der Waals surface area contributed by atoms with Crippen LogP contribution in [0.15, 0.2) is 53.4 Å². The molecule has 0 spiro atoms. The molecule has 0 bridgehead atoms. The van der Waals surface area contributed by atoms with Crippen molar-refractivity contribution < 1.29 is 17.9 Å². The third-order valence-corrected chi connectivity index (χ3v) is 8.53. The Kier molecular flexibility index (Phi) is 8.02. The van der Waals surface area contributed by atoms with Crippen LogP contribution in [0.4, 0.5) is 5.69 Å². The number of carbonyl (C=O) groups excluding carboxylic acids is 1. The lowest BCUT2D eigenvalue weighted by Gasteiger charge is -2.39. The number of benzene rings is 2. The highest BCUT2D eigenvalue weighted by molar-refractivity contribution is 7.92. The minimum absolute atomic E-state index is 0.0650. The van der Waals surface area contributed by atoms with E-state index >= 15 is 0 Å². The fourth-order valence-corrected chi connectivity index (χ4v) is 5.64. The highest BCUT2D eigenvalue weighted by Crippen LogP contribution is 2.31. The summed E-state index contributed by atoms with van der Waals surface area (Å²) < 4.78 is 32.7. The second-order valence-electron chi connectivity index (χ2n) is 8.91. The molecule has 0 unspecified atom stereocenters. The van der Waals surface area contributed by atoms with Gasteiger partial charge < -0.3 is 15.0 Å². The molecule has 1 aliphatic rings. The van der Waals surface area contributed by atoms with Gasteiger partial charge in [0.1, 0.15) is 5.75 Å². The number of methoxy groups -OCH3 is 1. The van der Waals surface area contributed by atoms with E-state index in [9.17, 15) is 13.2 Å². The Morgan fingerprint density at radius 1 is 1.00 bits per heavy atom. The average molecular weight is 474 g/mol. The molecule has 2 aromatic carbocycles. The minimum atomic E-state index is -3.83. The van der Waals surface area contributed by atoms with E-state index in [4.69, 9.17) is 4.74 Å². The number of nitrogens with zero attached hydrogens (tertiary/aromatic N) is 2. The third-order valence-electron chi connectivity index (χ3n) is 6.75. The Morgan fingerprint density at radius 2 is 1.64 bits per heavy atom. The summed E-state index contributed by atoms with van der Waals surface area (Å²) in [6.07, 6.45) is 6.85. The lowest BCUT2D eigenvalue weighted by molar-refractivity contribution is 0.0869. The predicted octanol–water partition coefficient (Wildman–Crippen LogP) is 3.90. The molecule has 0 radical (unpaired) electrons. The van der Waals surface area contributed by atoms with Crippen LogP contribution in [-0.2, 0) is 10.0 Å². The van der Waals surface area contributed by atoms with Gasteiger partial charge in [-0.2, -0.15) is 0 Å². The molecule has 7 nitrogen and oxygen atoms in total. The van der Waals surface area contributed by atoms with Crippen molar-refractivity contribution >= 4 is 21.6 Å². The number of amides is 1. The Labute approximate surface area is 197 Å². The fourth-order valence-electron chi connectivity index (χ4n) is 4.40. The van der Waals surface area contributed by atoms with Gasteiger partial charge in [-0.05, 0) is 69.4 Å². The molecule has 0 aliphatic heterocycles. The van der Waals surface area contributed by atoms with Gasteiger partial charge in [-0.25, -0.2) is 8.42 Å². The summed E-state index contributed by atoms with van der Waals surface area (Å²) in [6, 6.07) is 13.0. The average Bonchev–Trinajstić information content (AvgIpc) is 3.09. The van der Waals surface area contributed by atoms with E-state index in [1.807, 2.05) is 0 Å². The zero-order valence-corrected chi connectivity index (χ0v) is 20.8. The first-order valence-corrected chi connectivity index (χ1v) is 12.8. The van der Waals surface area contributed by atoms with Crippen LogP contribution in [0.2, 0.25) is 0 Å². The highest BCUT2D eigenvalue weighted by Gasteiger charge is 2.33. The Balaban J connectivity index is 1.76. The third kappa shape index (κ3) is 5.68. The number of sulfonamides is 1. The van der Waals surface area contributed by atoms with E-state index in [0.29, 0.717) is 23.5 Å². The number of ether oxygens (including phenoxy) is 1. The lowest BCUT2D eigenvalue weighted by Crippen LogP contribution is -2.52. The summed E-state index contributed by atoms with van der Waals surface area (Å²) >= 11 is 0. The standard InChI is InChI=1S/C25H35N3O4S/c1-27(2)25(16-7-5-6-8-17-25)19-26-24(29)20-10-9-11-23(18-20)33(30,31)28(3)21-12-14-22(32-4)15-13-21/h9-15,18H,5-8,16-17,19H2,1-4H3,(H,26,29). The van der Waals surface area contributed by atoms with E-state index in [2.05, 4.69) is 24.3 Å².